The molecule has 2 nitrogen and oxygen atoms in total. The molecule has 0 saturated heterocycles. The van der Waals surface area contributed by atoms with Crippen molar-refractivity contribution in [3.63, 3.8) is 0 Å². The smallest absolute Gasteiger partial charge is 0.132 e. The van der Waals surface area contributed by atoms with Crippen molar-refractivity contribution in [2.45, 2.75) is 41.2 Å². The minimum absolute atomic E-state index is 0.119. The molecule has 1 aromatic rings. The van der Waals surface area contributed by atoms with Gasteiger partial charge < -0.3 is 11.1 Å². The second-order valence-electron chi connectivity index (χ2n) is 4.46. The second-order valence-corrected chi connectivity index (χ2v) is 6.87. The third kappa shape index (κ3) is 3.57. The van der Waals surface area contributed by atoms with Gasteiger partial charge in [0.1, 0.15) is 4.20 Å². The summed E-state index contributed by atoms with van der Waals surface area (Å²) in [6, 6.07) is 8.41. The largest absolute Gasteiger partial charge is 0.361 e. The first kappa shape index (κ1) is 13.1. The summed E-state index contributed by atoms with van der Waals surface area (Å²) in [4.78, 5) is 1.31. The molecule has 1 heterocycles. The number of rotatable bonds is 6. The molecule has 2 rings (SSSR count). The van der Waals surface area contributed by atoms with E-state index >= 15 is 0 Å². The highest BCUT2D eigenvalue weighted by molar-refractivity contribution is 8.12. The number of nitrogens with one attached hydrogen (secondary N) is 1. The lowest BCUT2D eigenvalue weighted by molar-refractivity contribution is 0.611. The first-order valence-corrected chi connectivity index (χ1v) is 7.48. The summed E-state index contributed by atoms with van der Waals surface area (Å²) in [7, 11) is 0. The maximum absolute atomic E-state index is 5.48. The van der Waals surface area contributed by atoms with Crippen molar-refractivity contribution >= 4 is 30.1 Å². The first-order chi connectivity index (χ1) is 8.23. The number of para-hydroxylation sites is 1. The summed E-state index contributed by atoms with van der Waals surface area (Å²) >= 11 is 6.61. The number of thiol groups is 1. The Hall–Kier alpha value is -0.320. The van der Waals surface area contributed by atoms with Crippen molar-refractivity contribution in [2.24, 2.45) is 5.73 Å². The van der Waals surface area contributed by atoms with E-state index in [1.807, 2.05) is 11.8 Å². The first-order valence-electron chi connectivity index (χ1n) is 6.22. The van der Waals surface area contributed by atoms with Crippen molar-refractivity contribution in [3.05, 3.63) is 24.3 Å². The van der Waals surface area contributed by atoms with Crippen molar-refractivity contribution < 1.29 is 0 Å². The Bertz CT molecular complexity index is 343. The summed E-state index contributed by atoms with van der Waals surface area (Å²) in [6.45, 7) is 0.810. The zero-order valence-corrected chi connectivity index (χ0v) is 11.7. The van der Waals surface area contributed by atoms with Crippen LogP contribution in [0.2, 0.25) is 0 Å². The van der Waals surface area contributed by atoms with E-state index in [4.69, 9.17) is 18.4 Å². The number of hydrogen-bond donors (Lipinski definition) is 3. The third-order valence-corrected chi connectivity index (χ3v) is 4.79. The van der Waals surface area contributed by atoms with Gasteiger partial charge in [-0.25, -0.2) is 0 Å². The van der Waals surface area contributed by atoms with Crippen molar-refractivity contribution in [1.82, 2.24) is 0 Å². The van der Waals surface area contributed by atoms with Gasteiger partial charge in [-0.1, -0.05) is 36.7 Å². The molecule has 17 heavy (non-hydrogen) atoms. The molecule has 1 aliphatic heterocycles. The number of anilines is 1. The fraction of sp³-hybridized carbons (Fsp3) is 0.538. The van der Waals surface area contributed by atoms with Gasteiger partial charge in [0.15, 0.2) is 0 Å². The molecule has 1 atom stereocenters. The molecular weight excluding hydrogens is 248 g/mol. The average Bonchev–Trinajstić information content (AvgIpc) is 2.65. The van der Waals surface area contributed by atoms with Crippen LogP contribution in [0, 0.1) is 0 Å². The van der Waals surface area contributed by atoms with Crippen molar-refractivity contribution in [2.75, 3.05) is 11.9 Å². The standard InChI is InChI=1S/C13H20N2S2/c14-10-6-2-1-5-9-13(16)15-11-7-3-4-8-12(11)17-13/h3-4,7-8,15-16H,1-2,5-6,9-10,14H2. The number of hydrogen-bond acceptors (Lipinski definition) is 4. The van der Waals surface area contributed by atoms with E-state index in [2.05, 4.69) is 29.6 Å². The highest BCUT2D eigenvalue weighted by Crippen LogP contribution is 2.49. The third-order valence-electron chi connectivity index (χ3n) is 2.97. The van der Waals surface area contributed by atoms with Gasteiger partial charge in [0.05, 0.1) is 0 Å². The summed E-state index contributed by atoms with van der Waals surface area (Å²) in [5, 5.41) is 3.50. The van der Waals surface area contributed by atoms with E-state index in [1.165, 1.54) is 29.8 Å². The summed E-state index contributed by atoms with van der Waals surface area (Å²) in [5.74, 6) is 0. The normalized spacial score (nSPS) is 22.2. The van der Waals surface area contributed by atoms with Crippen molar-refractivity contribution in [1.29, 1.82) is 0 Å². The molecular formula is C13H20N2S2. The number of nitrogens with two attached hydrogens (primary N) is 1. The van der Waals surface area contributed by atoms with Gasteiger partial charge >= 0.3 is 0 Å². The van der Waals surface area contributed by atoms with Crippen LogP contribution in [-0.2, 0) is 0 Å². The van der Waals surface area contributed by atoms with Gasteiger partial charge in [0.2, 0.25) is 0 Å². The average molecular weight is 268 g/mol. The molecule has 0 radical (unpaired) electrons. The molecule has 1 aliphatic rings. The van der Waals surface area contributed by atoms with Gasteiger partial charge in [0.25, 0.3) is 0 Å². The number of fused-ring (bicyclic) bond motifs is 1. The fourth-order valence-corrected chi connectivity index (χ4v) is 3.77. The van der Waals surface area contributed by atoms with Crippen LogP contribution in [-0.4, -0.2) is 10.7 Å². The van der Waals surface area contributed by atoms with Crippen LogP contribution in [0.25, 0.3) is 0 Å². The number of thioether (sulfide) groups is 1. The Morgan fingerprint density at radius 3 is 2.71 bits per heavy atom. The van der Waals surface area contributed by atoms with E-state index in [9.17, 15) is 0 Å². The zero-order chi connectivity index (χ0) is 12.1. The molecule has 1 unspecified atom stereocenters. The predicted octanol–water partition coefficient (Wildman–Crippen LogP) is 3.70. The van der Waals surface area contributed by atoms with Crippen LogP contribution in [0.5, 0.6) is 0 Å². The van der Waals surface area contributed by atoms with Gasteiger partial charge in [-0.05, 0) is 37.9 Å². The lowest BCUT2D eigenvalue weighted by Gasteiger charge is -2.22. The highest BCUT2D eigenvalue weighted by atomic mass is 32.2. The molecule has 0 bridgehead atoms. The molecule has 0 fully saturated rings. The SMILES string of the molecule is NCCCCCCC1(S)Nc2ccccc2S1. The fourth-order valence-electron chi connectivity index (χ4n) is 2.05. The summed E-state index contributed by atoms with van der Waals surface area (Å²) in [5.41, 5.74) is 6.70. The minimum Gasteiger partial charge on any atom is -0.361 e. The van der Waals surface area contributed by atoms with E-state index < -0.39 is 0 Å². The quantitative estimate of drug-likeness (QED) is 0.544. The van der Waals surface area contributed by atoms with E-state index in [1.54, 1.807) is 0 Å². The van der Waals surface area contributed by atoms with Crippen LogP contribution in [0.4, 0.5) is 5.69 Å². The predicted molar refractivity (Wildman–Crippen MR) is 79.8 cm³/mol. The van der Waals surface area contributed by atoms with Crippen LogP contribution in [0.15, 0.2) is 29.2 Å². The molecule has 3 N–H and O–H groups in total. The maximum atomic E-state index is 5.48. The van der Waals surface area contributed by atoms with E-state index in [0.29, 0.717) is 0 Å². The molecule has 1 aromatic carbocycles. The minimum atomic E-state index is -0.119. The monoisotopic (exact) mass is 268 g/mol. The van der Waals surface area contributed by atoms with Crippen molar-refractivity contribution in [3.8, 4) is 0 Å². The molecule has 4 heteroatoms. The lowest BCUT2D eigenvalue weighted by Crippen LogP contribution is -2.23. The molecule has 0 spiro atoms. The summed E-state index contributed by atoms with van der Waals surface area (Å²) in [6.07, 6.45) is 5.91. The van der Waals surface area contributed by atoms with Crippen LogP contribution in [0.1, 0.15) is 32.1 Å². The molecule has 0 aliphatic carbocycles. The Balaban J connectivity index is 1.79. The molecule has 0 saturated carbocycles. The number of unbranched alkanes of at least 4 members (excludes halogenated alkanes) is 3. The molecule has 0 aromatic heterocycles. The molecule has 94 valence electrons. The van der Waals surface area contributed by atoms with Crippen LogP contribution < -0.4 is 11.1 Å². The Morgan fingerprint density at radius 2 is 1.94 bits per heavy atom. The Morgan fingerprint density at radius 1 is 1.18 bits per heavy atom. The highest BCUT2D eigenvalue weighted by Gasteiger charge is 2.33. The summed E-state index contributed by atoms with van der Waals surface area (Å²) < 4.78 is -0.119. The van der Waals surface area contributed by atoms with Gasteiger partial charge in [-0.15, -0.1) is 12.6 Å². The maximum Gasteiger partial charge on any atom is 0.132 e. The number of benzene rings is 1. The van der Waals surface area contributed by atoms with E-state index in [-0.39, 0.29) is 4.20 Å². The van der Waals surface area contributed by atoms with Gasteiger partial charge in [-0.3, -0.25) is 0 Å². The Kier molecular flexibility index (Phi) is 4.65. The lowest BCUT2D eigenvalue weighted by atomic mass is 10.1. The van der Waals surface area contributed by atoms with Crippen LogP contribution in [0.3, 0.4) is 0 Å². The Labute approximate surface area is 113 Å². The topological polar surface area (TPSA) is 38.0 Å². The second kappa shape index (κ2) is 6.03. The van der Waals surface area contributed by atoms with E-state index in [0.717, 1.165) is 19.4 Å². The molecule has 0 amide bonds. The van der Waals surface area contributed by atoms with Gasteiger partial charge in [-0.2, -0.15) is 0 Å². The van der Waals surface area contributed by atoms with Crippen LogP contribution >= 0.6 is 24.4 Å². The zero-order valence-electron chi connectivity index (χ0n) is 9.98. The van der Waals surface area contributed by atoms with Gasteiger partial charge in [0, 0.05) is 10.6 Å².